The third kappa shape index (κ3) is 2.31. The Morgan fingerprint density at radius 1 is 1.54 bits per heavy atom. The molecule has 1 aromatic carbocycles. The van der Waals surface area contributed by atoms with Crippen LogP contribution in [0.25, 0.3) is 6.08 Å². The molecule has 0 aromatic heterocycles. The normalized spacial score (nSPS) is 10.2. The maximum atomic E-state index is 13.0. The summed E-state index contributed by atoms with van der Waals surface area (Å²) in [5.41, 5.74) is 0.123. The highest BCUT2D eigenvalue weighted by molar-refractivity contribution is 5.57. The molecule has 0 aliphatic carbocycles. The Kier molecular flexibility index (Phi) is 3.04. The largest absolute Gasteiger partial charge is 0.507 e. The summed E-state index contributed by atoms with van der Waals surface area (Å²) in [6.45, 7) is 0. The van der Waals surface area contributed by atoms with Crippen LogP contribution >= 0.6 is 0 Å². The van der Waals surface area contributed by atoms with Crippen LogP contribution in [0.2, 0.25) is 0 Å². The van der Waals surface area contributed by atoms with E-state index in [-0.39, 0.29) is 17.7 Å². The molecule has 0 amide bonds. The summed E-state index contributed by atoms with van der Waals surface area (Å²) in [4.78, 5) is 0. The minimum Gasteiger partial charge on any atom is -0.507 e. The van der Waals surface area contributed by atoms with E-state index in [2.05, 4.69) is 0 Å². The van der Waals surface area contributed by atoms with Gasteiger partial charge in [-0.2, -0.15) is 5.26 Å². The SMILES string of the molecule is N#CCC=Cc1c(O)cccc1F. The molecule has 66 valence electrons. The molecular formula is C10H8FNO. The molecule has 0 aliphatic heterocycles. The Labute approximate surface area is 75.6 Å². The molecule has 1 rings (SSSR count). The van der Waals surface area contributed by atoms with Gasteiger partial charge in [-0.1, -0.05) is 18.2 Å². The van der Waals surface area contributed by atoms with Crippen LogP contribution in [0.15, 0.2) is 24.3 Å². The van der Waals surface area contributed by atoms with E-state index in [1.165, 1.54) is 30.4 Å². The number of rotatable bonds is 2. The Hall–Kier alpha value is -1.82. The molecule has 1 N–H and O–H groups in total. The molecule has 0 fully saturated rings. The number of halogens is 1. The summed E-state index contributed by atoms with van der Waals surface area (Å²) >= 11 is 0. The highest BCUT2D eigenvalue weighted by atomic mass is 19.1. The average Bonchev–Trinajstić information content (AvgIpc) is 2.10. The first-order valence-electron chi connectivity index (χ1n) is 3.76. The van der Waals surface area contributed by atoms with Crippen molar-refractivity contribution in [2.45, 2.75) is 6.42 Å². The first-order chi connectivity index (χ1) is 6.25. The lowest BCUT2D eigenvalue weighted by molar-refractivity contribution is 0.467. The quantitative estimate of drug-likeness (QED) is 0.754. The van der Waals surface area contributed by atoms with Crippen LogP contribution in [-0.4, -0.2) is 5.11 Å². The van der Waals surface area contributed by atoms with Crippen molar-refractivity contribution < 1.29 is 9.50 Å². The van der Waals surface area contributed by atoms with Crippen LogP contribution in [-0.2, 0) is 0 Å². The van der Waals surface area contributed by atoms with Gasteiger partial charge >= 0.3 is 0 Å². The molecule has 1 aromatic rings. The van der Waals surface area contributed by atoms with Crippen molar-refractivity contribution in [2.75, 3.05) is 0 Å². The van der Waals surface area contributed by atoms with Gasteiger partial charge in [0.2, 0.25) is 0 Å². The minimum absolute atomic E-state index is 0.116. The third-order valence-corrected chi connectivity index (χ3v) is 1.52. The lowest BCUT2D eigenvalue weighted by atomic mass is 10.1. The zero-order valence-electron chi connectivity index (χ0n) is 6.87. The molecule has 0 aliphatic rings. The number of hydrogen-bond acceptors (Lipinski definition) is 2. The van der Waals surface area contributed by atoms with E-state index in [0.717, 1.165) is 0 Å². The van der Waals surface area contributed by atoms with Crippen LogP contribution in [0, 0.1) is 17.1 Å². The molecule has 0 bridgehead atoms. The Bertz CT molecular complexity index is 345. The van der Waals surface area contributed by atoms with E-state index in [0.29, 0.717) is 0 Å². The number of aromatic hydroxyl groups is 1. The van der Waals surface area contributed by atoms with Crippen LogP contribution in [0.3, 0.4) is 0 Å². The van der Waals surface area contributed by atoms with Gasteiger partial charge in [0.15, 0.2) is 0 Å². The van der Waals surface area contributed by atoms with Gasteiger partial charge in [-0.15, -0.1) is 0 Å². The first kappa shape index (κ1) is 9.27. The third-order valence-electron chi connectivity index (χ3n) is 1.52. The van der Waals surface area contributed by atoms with E-state index >= 15 is 0 Å². The van der Waals surface area contributed by atoms with E-state index < -0.39 is 5.82 Å². The maximum Gasteiger partial charge on any atom is 0.134 e. The van der Waals surface area contributed by atoms with E-state index in [1.54, 1.807) is 0 Å². The van der Waals surface area contributed by atoms with Crippen molar-refractivity contribution in [3.63, 3.8) is 0 Å². The molecule has 0 unspecified atom stereocenters. The van der Waals surface area contributed by atoms with Crippen molar-refractivity contribution in [2.24, 2.45) is 0 Å². The van der Waals surface area contributed by atoms with Gasteiger partial charge in [-0.3, -0.25) is 0 Å². The lowest BCUT2D eigenvalue weighted by Crippen LogP contribution is -1.81. The topological polar surface area (TPSA) is 44.0 Å². The molecule has 13 heavy (non-hydrogen) atoms. The van der Waals surface area contributed by atoms with Gasteiger partial charge in [-0.05, 0) is 12.1 Å². The maximum absolute atomic E-state index is 13.0. The summed E-state index contributed by atoms with van der Waals surface area (Å²) in [6, 6.07) is 5.96. The summed E-state index contributed by atoms with van der Waals surface area (Å²) in [7, 11) is 0. The molecule has 0 atom stereocenters. The molecule has 0 saturated heterocycles. The fraction of sp³-hybridized carbons (Fsp3) is 0.100. The summed E-state index contributed by atoms with van der Waals surface area (Å²) < 4.78 is 13.0. The minimum atomic E-state index is -0.491. The number of phenols is 1. The van der Waals surface area contributed by atoms with Gasteiger partial charge in [0.1, 0.15) is 11.6 Å². The van der Waals surface area contributed by atoms with E-state index in [9.17, 15) is 9.50 Å². The number of hydrogen-bond donors (Lipinski definition) is 1. The van der Waals surface area contributed by atoms with E-state index in [1.807, 2.05) is 6.07 Å². The predicted octanol–water partition coefficient (Wildman–Crippen LogP) is 2.46. The lowest BCUT2D eigenvalue weighted by Gasteiger charge is -1.98. The summed E-state index contributed by atoms with van der Waals surface area (Å²) in [6.07, 6.45) is 3.10. The second kappa shape index (κ2) is 4.27. The highest BCUT2D eigenvalue weighted by Gasteiger charge is 2.02. The van der Waals surface area contributed by atoms with Gasteiger partial charge in [0.25, 0.3) is 0 Å². The van der Waals surface area contributed by atoms with Crippen molar-refractivity contribution in [1.82, 2.24) is 0 Å². The Morgan fingerprint density at radius 3 is 2.92 bits per heavy atom. The van der Waals surface area contributed by atoms with Crippen LogP contribution in [0.4, 0.5) is 4.39 Å². The van der Waals surface area contributed by atoms with Crippen molar-refractivity contribution >= 4 is 6.08 Å². The molecule has 3 heteroatoms. The zero-order chi connectivity index (χ0) is 9.68. The highest BCUT2D eigenvalue weighted by Crippen LogP contribution is 2.21. The molecular weight excluding hydrogens is 169 g/mol. The zero-order valence-corrected chi connectivity index (χ0v) is 6.87. The predicted molar refractivity (Wildman–Crippen MR) is 47.3 cm³/mol. The molecule has 2 nitrogen and oxygen atoms in total. The number of benzene rings is 1. The molecule has 0 saturated carbocycles. The Balaban J connectivity index is 2.94. The van der Waals surface area contributed by atoms with E-state index in [4.69, 9.17) is 5.26 Å². The van der Waals surface area contributed by atoms with Crippen molar-refractivity contribution in [1.29, 1.82) is 5.26 Å². The second-order valence-corrected chi connectivity index (χ2v) is 2.44. The van der Waals surface area contributed by atoms with Gasteiger partial charge < -0.3 is 5.11 Å². The van der Waals surface area contributed by atoms with Crippen LogP contribution in [0.5, 0.6) is 5.75 Å². The summed E-state index contributed by atoms with van der Waals surface area (Å²) in [5.74, 6) is -0.608. The average molecular weight is 177 g/mol. The summed E-state index contributed by atoms with van der Waals surface area (Å²) in [5, 5.41) is 17.4. The number of nitrogens with zero attached hydrogens (tertiary/aromatic N) is 1. The number of nitriles is 1. The van der Waals surface area contributed by atoms with Crippen LogP contribution < -0.4 is 0 Å². The fourth-order valence-corrected chi connectivity index (χ4v) is 0.920. The monoisotopic (exact) mass is 177 g/mol. The van der Waals surface area contributed by atoms with Gasteiger partial charge in [-0.25, -0.2) is 4.39 Å². The standard InChI is InChI=1S/C10H8FNO/c11-9-5-3-6-10(13)8(9)4-1-2-7-12/h1,3-6,13H,2H2. The molecule has 0 spiro atoms. The van der Waals surface area contributed by atoms with Crippen LogP contribution in [0.1, 0.15) is 12.0 Å². The van der Waals surface area contributed by atoms with Crippen molar-refractivity contribution in [3.05, 3.63) is 35.7 Å². The van der Waals surface area contributed by atoms with Crippen molar-refractivity contribution in [3.8, 4) is 11.8 Å². The smallest absolute Gasteiger partial charge is 0.134 e. The van der Waals surface area contributed by atoms with Gasteiger partial charge in [0.05, 0.1) is 18.1 Å². The number of allylic oxidation sites excluding steroid dienone is 1. The molecule has 0 radical (unpaired) electrons. The number of phenolic OH excluding ortho intramolecular Hbond substituents is 1. The molecule has 0 heterocycles. The van der Waals surface area contributed by atoms with Gasteiger partial charge in [0, 0.05) is 0 Å². The second-order valence-electron chi connectivity index (χ2n) is 2.44. The fourth-order valence-electron chi connectivity index (χ4n) is 0.920. The first-order valence-corrected chi connectivity index (χ1v) is 3.76. The Morgan fingerprint density at radius 2 is 2.31 bits per heavy atom.